The van der Waals surface area contributed by atoms with Crippen LogP contribution in [-0.4, -0.2) is 48.1 Å². The number of rotatable bonds is 6. The molecule has 1 aromatic carbocycles. The van der Waals surface area contributed by atoms with Gasteiger partial charge < -0.3 is 15.3 Å². The Hall–Kier alpha value is -1.90. The Morgan fingerprint density at radius 2 is 2.17 bits per heavy atom. The van der Waals surface area contributed by atoms with Gasteiger partial charge >= 0.3 is 0 Å². The van der Waals surface area contributed by atoms with E-state index in [2.05, 4.69) is 23.2 Å². The first-order valence-corrected chi connectivity index (χ1v) is 8.19. The van der Waals surface area contributed by atoms with Crippen LogP contribution in [0, 0.1) is 17.2 Å². The number of likely N-dealkylation sites (tertiary alicyclic amines) is 1. The maximum absolute atomic E-state index is 11.5. The van der Waals surface area contributed by atoms with Crippen LogP contribution in [0.1, 0.15) is 42.6 Å². The van der Waals surface area contributed by atoms with Crippen LogP contribution in [0.3, 0.4) is 0 Å². The van der Waals surface area contributed by atoms with Gasteiger partial charge in [-0.25, -0.2) is 0 Å². The number of benzene rings is 1. The van der Waals surface area contributed by atoms with Crippen molar-refractivity contribution in [2.45, 2.75) is 32.8 Å². The van der Waals surface area contributed by atoms with Gasteiger partial charge in [0.2, 0.25) is 0 Å². The van der Waals surface area contributed by atoms with E-state index in [1.54, 1.807) is 18.2 Å². The number of nitrogens with one attached hydrogen (secondary N) is 1. The Bertz CT molecular complexity index is 586. The van der Waals surface area contributed by atoms with Gasteiger partial charge in [0.15, 0.2) is 5.78 Å². The third-order valence-electron chi connectivity index (χ3n) is 4.42. The van der Waals surface area contributed by atoms with Crippen LogP contribution in [0.25, 0.3) is 0 Å². The van der Waals surface area contributed by atoms with Gasteiger partial charge in [-0.15, -0.1) is 0 Å². The number of carbonyl (C=O) groups is 1. The fourth-order valence-corrected chi connectivity index (χ4v) is 2.84. The number of nitrogens with zero attached hydrogens (tertiary/aromatic N) is 2. The molecule has 1 heterocycles. The van der Waals surface area contributed by atoms with Crippen LogP contribution in [0.4, 0.5) is 5.69 Å². The maximum atomic E-state index is 11.5. The fraction of sp³-hybridized carbons (Fsp3) is 0.556. The van der Waals surface area contributed by atoms with Crippen molar-refractivity contribution in [1.29, 1.82) is 5.26 Å². The summed E-state index contributed by atoms with van der Waals surface area (Å²) in [6, 6.07) is 7.07. The molecule has 0 spiro atoms. The minimum absolute atomic E-state index is 0.0412. The van der Waals surface area contributed by atoms with Gasteiger partial charge in [-0.3, -0.25) is 4.79 Å². The molecule has 1 aliphatic rings. The van der Waals surface area contributed by atoms with Crippen LogP contribution in [0.15, 0.2) is 18.2 Å². The van der Waals surface area contributed by atoms with E-state index in [9.17, 15) is 9.90 Å². The Morgan fingerprint density at radius 3 is 2.78 bits per heavy atom. The van der Waals surface area contributed by atoms with Gasteiger partial charge in [0.25, 0.3) is 0 Å². The topological polar surface area (TPSA) is 76.4 Å². The Morgan fingerprint density at radius 1 is 1.48 bits per heavy atom. The summed E-state index contributed by atoms with van der Waals surface area (Å²) < 4.78 is 0. The van der Waals surface area contributed by atoms with Gasteiger partial charge in [-0.05, 0) is 57.0 Å². The van der Waals surface area contributed by atoms with Gasteiger partial charge in [-0.1, -0.05) is 6.92 Å². The molecule has 0 radical (unpaired) electrons. The number of Topliss-reactive ketones (excluding diaryl/α,β-unsaturated/α-hetero) is 1. The van der Waals surface area contributed by atoms with E-state index in [0.29, 0.717) is 29.9 Å². The molecule has 0 aromatic heterocycles. The second-order valence-corrected chi connectivity index (χ2v) is 6.45. The summed E-state index contributed by atoms with van der Waals surface area (Å²) in [5, 5.41) is 22.5. The van der Waals surface area contributed by atoms with Crippen LogP contribution in [-0.2, 0) is 0 Å². The lowest BCUT2D eigenvalue weighted by Crippen LogP contribution is -2.40. The van der Waals surface area contributed by atoms with Crippen molar-refractivity contribution in [3.63, 3.8) is 0 Å². The summed E-state index contributed by atoms with van der Waals surface area (Å²) in [6.45, 7) is 6.82. The number of carbonyl (C=O) groups excluding carboxylic acids is 1. The van der Waals surface area contributed by atoms with Crippen molar-refractivity contribution in [3.8, 4) is 6.07 Å². The SMILES string of the molecule is CC(=O)c1ccc(C#N)c(NCC(O)CN2CCC(C)CC2)c1. The third kappa shape index (κ3) is 5.05. The molecule has 124 valence electrons. The number of aliphatic hydroxyl groups is 1. The number of nitriles is 1. The smallest absolute Gasteiger partial charge is 0.159 e. The number of anilines is 1. The van der Waals surface area contributed by atoms with Gasteiger partial charge in [0, 0.05) is 18.7 Å². The van der Waals surface area contributed by atoms with Crippen molar-refractivity contribution in [3.05, 3.63) is 29.3 Å². The molecule has 2 N–H and O–H groups in total. The molecule has 1 aromatic rings. The molecule has 1 saturated heterocycles. The summed E-state index contributed by atoms with van der Waals surface area (Å²) in [4.78, 5) is 13.7. The molecule has 0 bridgehead atoms. The number of ketones is 1. The Labute approximate surface area is 137 Å². The molecule has 0 aliphatic carbocycles. The molecular formula is C18H25N3O2. The highest BCUT2D eigenvalue weighted by molar-refractivity contribution is 5.95. The first kappa shape index (κ1) is 17.5. The molecule has 5 nitrogen and oxygen atoms in total. The van der Waals surface area contributed by atoms with Crippen molar-refractivity contribution >= 4 is 11.5 Å². The van der Waals surface area contributed by atoms with E-state index in [-0.39, 0.29) is 5.78 Å². The summed E-state index contributed by atoms with van der Waals surface area (Å²) in [5.74, 6) is 0.731. The molecule has 0 amide bonds. The highest BCUT2D eigenvalue weighted by Crippen LogP contribution is 2.18. The summed E-state index contributed by atoms with van der Waals surface area (Å²) in [6.07, 6.45) is 1.86. The normalized spacial score (nSPS) is 17.5. The number of hydrogen-bond donors (Lipinski definition) is 2. The molecule has 1 atom stereocenters. The molecule has 2 rings (SSSR count). The summed E-state index contributed by atoms with van der Waals surface area (Å²) in [7, 11) is 0. The minimum atomic E-state index is -0.504. The zero-order chi connectivity index (χ0) is 16.8. The predicted octanol–water partition coefficient (Wildman–Crippen LogP) is 2.27. The lowest BCUT2D eigenvalue weighted by molar-refractivity contribution is 0.0990. The zero-order valence-electron chi connectivity index (χ0n) is 13.9. The van der Waals surface area contributed by atoms with E-state index < -0.39 is 6.10 Å². The average molecular weight is 315 g/mol. The second kappa shape index (κ2) is 8.09. The minimum Gasteiger partial charge on any atom is -0.390 e. The van der Waals surface area contributed by atoms with E-state index in [1.165, 1.54) is 19.8 Å². The molecule has 23 heavy (non-hydrogen) atoms. The summed E-state index contributed by atoms with van der Waals surface area (Å²) >= 11 is 0. The quantitative estimate of drug-likeness (QED) is 0.788. The summed E-state index contributed by atoms with van der Waals surface area (Å²) in [5.41, 5.74) is 1.64. The monoisotopic (exact) mass is 315 g/mol. The van der Waals surface area contributed by atoms with Crippen molar-refractivity contribution < 1.29 is 9.90 Å². The largest absolute Gasteiger partial charge is 0.390 e. The maximum Gasteiger partial charge on any atom is 0.159 e. The molecule has 1 fully saturated rings. The molecular weight excluding hydrogens is 290 g/mol. The first-order chi connectivity index (χ1) is 11.0. The standard InChI is InChI=1S/C18H25N3O2/c1-13-5-7-21(8-6-13)12-17(23)11-20-18-9-15(14(2)22)3-4-16(18)10-19/h3-4,9,13,17,20,23H,5-8,11-12H2,1-2H3. The predicted molar refractivity (Wildman–Crippen MR) is 90.5 cm³/mol. The first-order valence-electron chi connectivity index (χ1n) is 8.19. The fourth-order valence-electron chi connectivity index (χ4n) is 2.84. The molecule has 1 unspecified atom stereocenters. The van der Waals surface area contributed by atoms with Gasteiger partial charge in [-0.2, -0.15) is 5.26 Å². The van der Waals surface area contributed by atoms with Gasteiger partial charge in [0.1, 0.15) is 6.07 Å². The third-order valence-corrected chi connectivity index (χ3v) is 4.42. The zero-order valence-corrected chi connectivity index (χ0v) is 13.9. The van der Waals surface area contributed by atoms with Crippen molar-refractivity contribution in [2.24, 2.45) is 5.92 Å². The highest BCUT2D eigenvalue weighted by Gasteiger charge is 2.18. The molecule has 0 saturated carbocycles. The van der Waals surface area contributed by atoms with E-state index in [0.717, 1.165) is 19.0 Å². The van der Waals surface area contributed by atoms with E-state index in [1.807, 2.05) is 0 Å². The number of hydrogen-bond acceptors (Lipinski definition) is 5. The lowest BCUT2D eigenvalue weighted by Gasteiger charge is -2.31. The van der Waals surface area contributed by atoms with Crippen LogP contribution >= 0.6 is 0 Å². The van der Waals surface area contributed by atoms with Gasteiger partial charge in [0.05, 0.1) is 17.4 Å². The van der Waals surface area contributed by atoms with E-state index in [4.69, 9.17) is 5.26 Å². The number of piperidine rings is 1. The van der Waals surface area contributed by atoms with Crippen molar-refractivity contribution in [2.75, 3.05) is 31.5 Å². The lowest BCUT2D eigenvalue weighted by atomic mass is 9.99. The number of β-amino-alcohol motifs (C(OH)–C–C–N with tert-alkyl or cyclic N) is 1. The van der Waals surface area contributed by atoms with E-state index >= 15 is 0 Å². The van der Waals surface area contributed by atoms with Crippen molar-refractivity contribution in [1.82, 2.24) is 4.90 Å². The molecule has 5 heteroatoms. The van der Waals surface area contributed by atoms with Crippen LogP contribution in [0.2, 0.25) is 0 Å². The number of aliphatic hydroxyl groups excluding tert-OH is 1. The Balaban J connectivity index is 1.90. The highest BCUT2D eigenvalue weighted by atomic mass is 16.3. The Kier molecular flexibility index (Phi) is 6.14. The molecule has 1 aliphatic heterocycles. The van der Waals surface area contributed by atoms with Crippen LogP contribution in [0.5, 0.6) is 0 Å². The van der Waals surface area contributed by atoms with Crippen LogP contribution < -0.4 is 5.32 Å². The second-order valence-electron chi connectivity index (χ2n) is 6.45. The average Bonchev–Trinajstić information content (AvgIpc) is 2.54.